The first-order valence-corrected chi connectivity index (χ1v) is 5.87. The largest absolute Gasteiger partial charge is 0.307 e. The highest BCUT2D eigenvalue weighted by molar-refractivity contribution is 7.09. The summed E-state index contributed by atoms with van der Waals surface area (Å²) < 4.78 is 0. The standard InChI is InChI=1S/C10H14N2OS/c13-10(5-8-6-11-7-14-8)9-3-1-2-4-12-9/h6-7,9,12H,1-5H2. The Bertz CT molecular complexity index is 291. The fourth-order valence-corrected chi connectivity index (χ4v) is 2.36. The van der Waals surface area contributed by atoms with Gasteiger partial charge in [0.15, 0.2) is 5.78 Å². The third-order valence-corrected chi connectivity index (χ3v) is 3.31. The van der Waals surface area contributed by atoms with E-state index in [1.165, 1.54) is 12.8 Å². The minimum atomic E-state index is 0.0888. The van der Waals surface area contributed by atoms with Crippen LogP contribution < -0.4 is 5.32 Å². The van der Waals surface area contributed by atoms with Crippen LogP contribution in [0.2, 0.25) is 0 Å². The zero-order chi connectivity index (χ0) is 9.80. The van der Waals surface area contributed by atoms with Crippen LogP contribution >= 0.6 is 11.3 Å². The first-order valence-electron chi connectivity index (χ1n) is 5.00. The summed E-state index contributed by atoms with van der Waals surface area (Å²) in [6, 6.07) is 0.0888. The summed E-state index contributed by atoms with van der Waals surface area (Å²) in [6.07, 6.45) is 5.70. The summed E-state index contributed by atoms with van der Waals surface area (Å²) in [5, 5.41) is 3.27. The van der Waals surface area contributed by atoms with E-state index in [1.54, 1.807) is 23.0 Å². The highest BCUT2D eigenvalue weighted by Gasteiger charge is 2.20. The number of nitrogens with zero attached hydrogens (tertiary/aromatic N) is 1. The van der Waals surface area contributed by atoms with Crippen molar-refractivity contribution in [3.05, 3.63) is 16.6 Å². The maximum Gasteiger partial charge on any atom is 0.154 e. The first-order chi connectivity index (χ1) is 6.86. The second-order valence-electron chi connectivity index (χ2n) is 3.61. The van der Waals surface area contributed by atoms with Crippen LogP contribution in [-0.4, -0.2) is 23.4 Å². The number of Topliss-reactive ketones (excluding diaryl/α,β-unsaturated/α-hetero) is 1. The molecule has 0 saturated carbocycles. The summed E-state index contributed by atoms with van der Waals surface area (Å²) in [5.41, 5.74) is 1.77. The van der Waals surface area contributed by atoms with Crippen molar-refractivity contribution in [1.29, 1.82) is 0 Å². The Hall–Kier alpha value is -0.740. The number of thiazole rings is 1. The molecule has 1 atom stereocenters. The van der Waals surface area contributed by atoms with Crippen LogP contribution in [0.15, 0.2) is 11.7 Å². The number of aromatic nitrogens is 1. The van der Waals surface area contributed by atoms with E-state index in [1.807, 2.05) is 0 Å². The third kappa shape index (κ3) is 2.39. The molecule has 1 fully saturated rings. The highest BCUT2D eigenvalue weighted by atomic mass is 32.1. The Labute approximate surface area is 87.6 Å². The number of hydrogen-bond donors (Lipinski definition) is 1. The van der Waals surface area contributed by atoms with Crippen molar-refractivity contribution < 1.29 is 4.79 Å². The van der Waals surface area contributed by atoms with E-state index in [0.29, 0.717) is 12.2 Å². The molecule has 1 saturated heterocycles. The maximum atomic E-state index is 11.8. The summed E-state index contributed by atoms with van der Waals surface area (Å²) in [7, 11) is 0. The smallest absolute Gasteiger partial charge is 0.154 e. The zero-order valence-corrected chi connectivity index (χ0v) is 8.85. The van der Waals surface area contributed by atoms with Gasteiger partial charge in [-0.25, -0.2) is 0 Å². The normalized spacial score (nSPS) is 22.1. The van der Waals surface area contributed by atoms with Gasteiger partial charge in [0, 0.05) is 17.5 Å². The maximum absolute atomic E-state index is 11.8. The van der Waals surface area contributed by atoms with Crippen molar-refractivity contribution in [2.75, 3.05) is 6.54 Å². The van der Waals surface area contributed by atoms with Gasteiger partial charge in [-0.05, 0) is 19.4 Å². The third-order valence-electron chi connectivity index (χ3n) is 2.53. The molecular formula is C10H14N2OS. The highest BCUT2D eigenvalue weighted by Crippen LogP contribution is 2.12. The van der Waals surface area contributed by atoms with Crippen molar-refractivity contribution in [2.45, 2.75) is 31.7 Å². The van der Waals surface area contributed by atoms with Crippen molar-refractivity contribution >= 4 is 17.1 Å². The Morgan fingerprint density at radius 1 is 1.64 bits per heavy atom. The molecule has 1 aliphatic heterocycles. The van der Waals surface area contributed by atoms with E-state index in [0.717, 1.165) is 17.8 Å². The number of ketones is 1. The lowest BCUT2D eigenvalue weighted by Gasteiger charge is -2.21. The van der Waals surface area contributed by atoms with Crippen LogP contribution in [-0.2, 0) is 11.2 Å². The van der Waals surface area contributed by atoms with Gasteiger partial charge in [-0.3, -0.25) is 9.78 Å². The molecule has 76 valence electrons. The number of carbonyl (C=O) groups excluding carboxylic acids is 1. The van der Waals surface area contributed by atoms with E-state index < -0.39 is 0 Å². The van der Waals surface area contributed by atoms with Crippen molar-refractivity contribution in [1.82, 2.24) is 10.3 Å². The molecule has 0 bridgehead atoms. The van der Waals surface area contributed by atoms with Crippen molar-refractivity contribution in [2.24, 2.45) is 0 Å². The van der Waals surface area contributed by atoms with Gasteiger partial charge in [-0.1, -0.05) is 6.42 Å². The molecular weight excluding hydrogens is 196 g/mol. The molecule has 1 aromatic rings. The molecule has 1 aliphatic rings. The number of carbonyl (C=O) groups is 1. The molecule has 0 spiro atoms. The van der Waals surface area contributed by atoms with Gasteiger partial charge in [0.25, 0.3) is 0 Å². The second-order valence-corrected chi connectivity index (χ2v) is 4.58. The molecule has 2 rings (SSSR count). The molecule has 0 aromatic carbocycles. The van der Waals surface area contributed by atoms with Gasteiger partial charge in [-0.15, -0.1) is 11.3 Å². The number of hydrogen-bond acceptors (Lipinski definition) is 4. The molecule has 1 aromatic heterocycles. The Morgan fingerprint density at radius 3 is 3.21 bits per heavy atom. The van der Waals surface area contributed by atoms with Gasteiger partial charge in [0.1, 0.15) is 0 Å². The Balaban J connectivity index is 1.88. The average molecular weight is 210 g/mol. The Morgan fingerprint density at radius 2 is 2.57 bits per heavy atom. The molecule has 0 radical (unpaired) electrons. The monoisotopic (exact) mass is 210 g/mol. The fourth-order valence-electron chi connectivity index (χ4n) is 1.75. The van der Waals surface area contributed by atoms with Gasteiger partial charge < -0.3 is 5.32 Å². The number of piperidine rings is 1. The van der Waals surface area contributed by atoms with Crippen LogP contribution in [0, 0.1) is 0 Å². The van der Waals surface area contributed by atoms with E-state index in [2.05, 4.69) is 10.3 Å². The summed E-state index contributed by atoms with van der Waals surface area (Å²) in [5.74, 6) is 0.314. The molecule has 2 heterocycles. The molecule has 0 amide bonds. The summed E-state index contributed by atoms with van der Waals surface area (Å²) in [4.78, 5) is 16.8. The van der Waals surface area contributed by atoms with Crippen LogP contribution in [0.5, 0.6) is 0 Å². The van der Waals surface area contributed by atoms with Gasteiger partial charge in [-0.2, -0.15) is 0 Å². The van der Waals surface area contributed by atoms with Gasteiger partial charge >= 0.3 is 0 Å². The lowest BCUT2D eigenvalue weighted by molar-refractivity contribution is -0.120. The minimum Gasteiger partial charge on any atom is -0.307 e. The van der Waals surface area contributed by atoms with Crippen molar-refractivity contribution in [3.63, 3.8) is 0 Å². The van der Waals surface area contributed by atoms with Crippen molar-refractivity contribution in [3.8, 4) is 0 Å². The second kappa shape index (κ2) is 4.66. The van der Waals surface area contributed by atoms with Gasteiger partial charge in [0.2, 0.25) is 0 Å². The minimum absolute atomic E-state index is 0.0888. The molecule has 1 unspecified atom stereocenters. The van der Waals surface area contributed by atoms with Crippen LogP contribution in [0.3, 0.4) is 0 Å². The van der Waals surface area contributed by atoms with E-state index in [9.17, 15) is 4.79 Å². The summed E-state index contributed by atoms with van der Waals surface area (Å²) >= 11 is 1.56. The average Bonchev–Trinajstić information content (AvgIpc) is 2.72. The topological polar surface area (TPSA) is 42.0 Å². The lowest BCUT2D eigenvalue weighted by atomic mass is 9.99. The van der Waals surface area contributed by atoms with Crippen LogP contribution in [0.4, 0.5) is 0 Å². The number of rotatable bonds is 3. The molecule has 4 heteroatoms. The molecule has 0 aliphatic carbocycles. The quantitative estimate of drug-likeness (QED) is 0.820. The Kier molecular flexibility index (Phi) is 3.26. The molecule has 3 nitrogen and oxygen atoms in total. The lowest BCUT2D eigenvalue weighted by Crippen LogP contribution is -2.41. The van der Waals surface area contributed by atoms with E-state index in [-0.39, 0.29) is 6.04 Å². The number of nitrogens with one attached hydrogen (secondary N) is 1. The first kappa shape index (κ1) is 9.80. The predicted molar refractivity (Wildman–Crippen MR) is 56.5 cm³/mol. The van der Waals surface area contributed by atoms with Crippen LogP contribution in [0.1, 0.15) is 24.1 Å². The molecule has 1 N–H and O–H groups in total. The van der Waals surface area contributed by atoms with E-state index in [4.69, 9.17) is 0 Å². The SMILES string of the molecule is O=C(Cc1cncs1)C1CCCCN1. The van der Waals surface area contributed by atoms with Crippen LogP contribution in [0.25, 0.3) is 0 Å². The molecule has 14 heavy (non-hydrogen) atoms. The van der Waals surface area contributed by atoms with Gasteiger partial charge in [0.05, 0.1) is 11.6 Å². The predicted octanol–water partition coefficient (Wildman–Crippen LogP) is 1.40. The fraction of sp³-hybridized carbons (Fsp3) is 0.600. The van der Waals surface area contributed by atoms with E-state index >= 15 is 0 Å². The zero-order valence-electron chi connectivity index (χ0n) is 8.03. The summed E-state index contributed by atoms with van der Waals surface area (Å²) in [6.45, 7) is 0.985.